The number of benzene rings is 2. The minimum Gasteiger partial charge on any atom is -0.495 e. The first kappa shape index (κ1) is 20.6. The maximum absolute atomic E-state index is 12.6. The molecular weight excluding hydrogens is 398 g/mol. The molecule has 0 aromatic heterocycles. The van der Waals surface area contributed by atoms with E-state index in [2.05, 4.69) is 5.32 Å². The summed E-state index contributed by atoms with van der Waals surface area (Å²) < 4.78 is 5.24. The van der Waals surface area contributed by atoms with E-state index in [1.54, 1.807) is 23.1 Å². The zero-order valence-electron chi connectivity index (χ0n) is 15.8. The molecule has 1 aliphatic heterocycles. The van der Waals surface area contributed by atoms with Gasteiger partial charge in [-0.25, -0.2) is 0 Å². The topological polar surface area (TPSA) is 102 Å². The number of hydrogen-bond donors (Lipinski definition) is 1. The zero-order chi connectivity index (χ0) is 21.0. The standard InChI is InChI=1S/C20H20ClN3O5/c1-29-18-7-4-15(21)12-17(18)22-19(25)13-8-10-23(11-9-13)20(26)14-2-5-16(6-3-14)24(27)28/h2-7,12-13H,8-11H2,1H3,(H,22,25). The average molecular weight is 418 g/mol. The van der Waals surface area contributed by atoms with Crippen LogP contribution < -0.4 is 10.1 Å². The molecule has 0 bridgehead atoms. The molecule has 1 N–H and O–H groups in total. The third kappa shape index (κ3) is 4.83. The lowest BCUT2D eigenvalue weighted by Gasteiger charge is -2.31. The second kappa shape index (κ2) is 8.91. The summed E-state index contributed by atoms with van der Waals surface area (Å²) in [4.78, 5) is 37.1. The van der Waals surface area contributed by atoms with Crippen LogP contribution in [0.4, 0.5) is 11.4 Å². The van der Waals surface area contributed by atoms with Crippen molar-refractivity contribution in [3.63, 3.8) is 0 Å². The molecule has 0 atom stereocenters. The molecule has 1 heterocycles. The van der Waals surface area contributed by atoms with Gasteiger partial charge in [0.05, 0.1) is 17.7 Å². The molecular formula is C20H20ClN3O5. The lowest BCUT2D eigenvalue weighted by Crippen LogP contribution is -2.41. The number of rotatable bonds is 5. The van der Waals surface area contributed by atoms with Crippen LogP contribution in [0.3, 0.4) is 0 Å². The lowest BCUT2D eigenvalue weighted by atomic mass is 9.95. The number of likely N-dealkylation sites (tertiary alicyclic amines) is 1. The fourth-order valence-electron chi connectivity index (χ4n) is 3.27. The van der Waals surface area contributed by atoms with E-state index in [0.717, 1.165) is 0 Å². The van der Waals surface area contributed by atoms with Gasteiger partial charge in [-0.3, -0.25) is 19.7 Å². The third-order valence-electron chi connectivity index (χ3n) is 4.90. The highest BCUT2D eigenvalue weighted by molar-refractivity contribution is 6.31. The lowest BCUT2D eigenvalue weighted by molar-refractivity contribution is -0.384. The smallest absolute Gasteiger partial charge is 0.269 e. The normalized spacial score (nSPS) is 14.3. The first-order valence-corrected chi connectivity index (χ1v) is 9.45. The Labute approximate surface area is 172 Å². The van der Waals surface area contributed by atoms with Gasteiger partial charge >= 0.3 is 0 Å². The van der Waals surface area contributed by atoms with Crippen LogP contribution in [0.25, 0.3) is 0 Å². The Bertz CT molecular complexity index is 924. The number of hydrogen-bond acceptors (Lipinski definition) is 5. The van der Waals surface area contributed by atoms with Gasteiger partial charge in [-0.2, -0.15) is 0 Å². The Morgan fingerprint density at radius 2 is 1.83 bits per heavy atom. The Morgan fingerprint density at radius 3 is 2.41 bits per heavy atom. The van der Waals surface area contributed by atoms with Gasteiger partial charge < -0.3 is 15.0 Å². The molecule has 0 aliphatic carbocycles. The van der Waals surface area contributed by atoms with E-state index in [1.165, 1.54) is 31.4 Å². The summed E-state index contributed by atoms with van der Waals surface area (Å²) in [6.45, 7) is 0.862. The van der Waals surface area contributed by atoms with Gasteiger partial charge in [-0.15, -0.1) is 0 Å². The summed E-state index contributed by atoms with van der Waals surface area (Å²) in [7, 11) is 1.52. The third-order valence-corrected chi connectivity index (χ3v) is 5.13. The van der Waals surface area contributed by atoms with Crippen molar-refractivity contribution in [2.75, 3.05) is 25.5 Å². The van der Waals surface area contributed by atoms with Crippen molar-refractivity contribution >= 4 is 34.8 Å². The predicted molar refractivity (Wildman–Crippen MR) is 108 cm³/mol. The number of nitrogens with zero attached hydrogens (tertiary/aromatic N) is 2. The molecule has 0 spiro atoms. The van der Waals surface area contributed by atoms with Crippen molar-refractivity contribution in [1.29, 1.82) is 0 Å². The fourth-order valence-corrected chi connectivity index (χ4v) is 3.44. The Hall–Kier alpha value is -3.13. The molecule has 9 heteroatoms. The highest BCUT2D eigenvalue weighted by Crippen LogP contribution is 2.29. The number of anilines is 1. The number of carbonyl (C=O) groups excluding carboxylic acids is 2. The molecule has 2 aromatic carbocycles. The van der Waals surface area contributed by atoms with Gasteiger partial charge in [0.2, 0.25) is 5.91 Å². The summed E-state index contributed by atoms with van der Waals surface area (Å²) in [5.74, 6) is -0.0589. The average Bonchev–Trinajstić information content (AvgIpc) is 2.73. The minimum absolute atomic E-state index is 0.0617. The van der Waals surface area contributed by atoms with E-state index in [4.69, 9.17) is 16.3 Å². The first-order chi connectivity index (χ1) is 13.9. The summed E-state index contributed by atoms with van der Waals surface area (Å²) in [6, 6.07) is 10.5. The molecule has 0 radical (unpaired) electrons. The molecule has 1 aliphatic rings. The number of nitro benzene ring substituents is 1. The molecule has 2 amide bonds. The van der Waals surface area contributed by atoms with Gasteiger partial charge in [-0.1, -0.05) is 11.6 Å². The van der Waals surface area contributed by atoms with Crippen LogP contribution >= 0.6 is 11.6 Å². The number of halogens is 1. The molecule has 0 saturated carbocycles. The number of nitrogens with one attached hydrogen (secondary N) is 1. The largest absolute Gasteiger partial charge is 0.495 e. The highest BCUT2D eigenvalue weighted by Gasteiger charge is 2.28. The van der Waals surface area contributed by atoms with E-state index >= 15 is 0 Å². The highest BCUT2D eigenvalue weighted by atomic mass is 35.5. The number of ether oxygens (including phenoxy) is 1. The quantitative estimate of drug-likeness (QED) is 0.589. The van der Waals surface area contributed by atoms with E-state index in [9.17, 15) is 19.7 Å². The van der Waals surface area contributed by atoms with Crippen molar-refractivity contribution in [2.45, 2.75) is 12.8 Å². The Kier molecular flexibility index (Phi) is 6.33. The Balaban J connectivity index is 1.58. The van der Waals surface area contributed by atoms with Crippen LogP contribution in [-0.4, -0.2) is 41.8 Å². The van der Waals surface area contributed by atoms with Crippen molar-refractivity contribution in [1.82, 2.24) is 4.90 Å². The number of piperidine rings is 1. The van der Waals surface area contributed by atoms with Crippen molar-refractivity contribution in [3.8, 4) is 5.75 Å². The van der Waals surface area contributed by atoms with Crippen LogP contribution in [0.5, 0.6) is 5.75 Å². The molecule has 8 nitrogen and oxygen atoms in total. The van der Waals surface area contributed by atoms with Gasteiger partial charge in [-0.05, 0) is 43.2 Å². The van der Waals surface area contributed by atoms with Gasteiger partial charge in [0, 0.05) is 41.7 Å². The van der Waals surface area contributed by atoms with Crippen LogP contribution in [0.15, 0.2) is 42.5 Å². The predicted octanol–water partition coefficient (Wildman–Crippen LogP) is 3.75. The minimum atomic E-state index is -0.507. The number of non-ortho nitro benzene ring substituents is 1. The Morgan fingerprint density at radius 1 is 1.17 bits per heavy atom. The second-order valence-corrected chi connectivity index (χ2v) is 7.14. The molecule has 1 saturated heterocycles. The summed E-state index contributed by atoms with van der Waals surface area (Å²) >= 11 is 5.99. The maximum atomic E-state index is 12.6. The van der Waals surface area contributed by atoms with E-state index in [1.807, 2.05) is 0 Å². The van der Waals surface area contributed by atoms with E-state index in [-0.39, 0.29) is 23.4 Å². The molecule has 29 heavy (non-hydrogen) atoms. The van der Waals surface area contributed by atoms with E-state index in [0.29, 0.717) is 48.0 Å². The monoisotopic (exact) mass is 417 g/mol. The van der Waals surface area contributed by atoms with Crippen molar-refractivity contribution in [3.05, 3.63) is 63.2 Å². The molecule has 3 rings (SSSR count). The van der Waals surface area contributed by atoms with Gasteiger partial charge in [0.25, 0.3) is 11.6 Å². The maximum Gasteiger partial charge on any atom is 0.269 e. The summed E-state index contributed by atoms with van der Waals surface area (Å²) in [5, 5.41) is 14.1. The number of nitro groups is 1. The SMILES string of the molecule is COc1ccc(Cl)cc1NC(=O)C1CCN(C(=O)c2ccc([N+](=O)[O-])cc2)CC1. The summed E-state index contributed by atoms with van der Waals surface area (Å²) in [5.41, 5.74) is 0.838. The fraction of sp³-hybridized carbons (Fsp3) is 0.300. The number of methoxy groups -OCH3 is 1. The van der Waals surface area contributed by atoms with E-state index < -0.39 is 4.92 Å². The molecule has 1 fully saturated rings. The van der Waals surface area contributed by atoms with Crippen LogP contribution in [0, 0.1) is 16.0 Å². The second-order valence-electron chi connectivity index (χ2n) is 6.70. The molecule has 2 aromatic rings. The van der Waals surface area contributed by atoms with Crippen LogP contribution in [-0.2, 0) is 4.79 Å². The van der Waals surface area contributed by atoms with Crippen molar-refractivity contribution in [2.24, 2.45) is 5.92 Å². The van der Waals surface area contributed by atoms with Crippen molar-refractivity contribution < 1.29 is 19.2 Å². The van der Waals surface area contributed by atoms with Crippen LogP contribution in [0.2, 0.25) is 5.02 Å². The molecule has 152 valence electrons. The summed E-state index contributed by atoms with van der Waals surface area (Å²) in [6.07, 6.45) is 1.04. The van der Waals surface area contributed by atoms with Gasteiger partial charge in [0.1, 0.15) is 5.75 Å². The van der Waals surface area contributed by atoms with Gasteiger partial charge in [0.15, 0.2) is 0 Å². The van der Waals surface area contributed by atoms with Crippen LogP contribution in [0.1, 0.15) is 23.2 Å². The molecule has 0 unspecified atom stereocenters. The number of amides is 2. The first-order valence-electron chi connectivity index (χ1n) is 9.07. The zero-order valence-corrected chi connectivity index (χ0v) is 16.5. The number of carbonyl (C=O) groups is 2.